The van der Waals surface area contributed by atoms with Gasteiger partial charge < -0.3 is 13.9 Å². The highest BCUT2D eigenvalue weighted by molar-refractivity contribution is 9.10. The van der Waals surface area contributed by atoms with Gasteiger partial charge in [-0.3, -0.25) is 0 Å². The molecular weight excluding hydrogens is 512 g/mol. The van der Waals surface area contributed by atoms with Crippen LogP contribution >= 0.6 is 31.9 Å². The summed E-state index contributed by atoms with van der Waals surface area (Å²) in [4.78, 5) is 4.37. The van der Waals surface area contributed by atoms with Crippen molar-refractivity contribution >= 4 is 44.0 Å². The Labute approximate surface area is 192 Å². The molecule has 30 heavy (non-hydrogen) atoms. The zero-order valence-corrected chi connectivity index (χ0v) is 20.0. The largest absolute Gasteiger partial charge is 0.490 e. The van der Waals surface area contributed by atoms with Gasteiger partial charge in [-0.25, -0.2) is 4.99 Å². The number of halogens is 2. The van der Waals surface area contributed by atoms with Gasteiger partial charge in [0.15, 0.2) is 11.5 Å². The second-order valence-electron chi connectivity index (χ2n) is 6.51. The van der Waals surface area contributed by atoms with Gasteiger partial charge in [-0.05, 0) is 72.1 Å². The third kappa shape index (κ3) is 5.13. The highest BCUT2D eigenvalue weighted by atomic mass is 79.9. The van der Waals surface area contributed by atoms with Crippen LogP contribution in [0.5, 0.6) is 11.5 Å². The van der Waals surface area contributed by atoms with Crippen molar-refractivity contribution in [3.63, 3.8) is 0 Å². The number of furan rings is 1. The second kappa shape index (κ2) is 9.96. The minimum absolute atomic E-state index is 0.303. The number of rotatable bonds is 7. The van der Waals surface area contributed by atoms with Crippen LogP contribution in [0.25, 0.3) is 0 Å². The van der Waals surface area contributed by atoms with Gasteiger partial charge >= 0.3 is 0 Å². The van der Waals surface area contributed by atoms with Gasteiger partial charge in [-0.15, -0.1) is 0 Å². The first-order valence-corrected chi connectivity index (χ1v) is 10.9. The molecule has 0 spiro atoms. The van der Waals surface area contributed by atoms with Crippen molar-refractivity contribution in [1.82, 2.24) is 0 Å². The maximum Gasteiger partial charge on any atom is 0.237 e. The molecule has 0 aliphatic heterocycles. The van der Waals surface area contributed by atoms with Crippen LogP contribution in [0.4, 0.5) is 5.88 Å². The minimum Gasteiger partial charge on any atom is -0.490 e. The maximum atomic E-state index is 9.34. The Hall–Kier alpha value is -2.56. The number of ether oxygens (including phenoxy) is 2. The van der Waals surface area contributed by atoms with Crippen molar-refractivity contribution in [2.75, 3.05) is 6.61 Å². The van der Waals surface area contributed by atoms with Crippen LogP contribution in [0.2, 0.25) is 0 Å². The Balaban J connectivity index is 1.86. The van der Waals surface area contributed by atoms with Crippen molar-refractivity contribution < 1.29 is 13.9 Å². The van der Waals surface area contributed by atoms with Crippen LogP contribution in [0.15, 0.2) is 54.8 Å². The molecule has 0 unspecified atom stereocenters. The molecule has 1 aromatic heterocycles. The van der Waals surface area contributed by atoms with E-state index in [1.807, 2.05) is 57.2 Å². The van der Waals surface area contributed by atoms with E-state index in [4.69, 9.17) is 13.9 Å². The summed E-state index contributed by atoms with van der Waals surface area (Å²) in [6.07, 6.45) is 1.64. The predicted octanol–water partition coefficient (Wildman–Crippen LogP) is 7.02. The molecule has 7 heteroatoms. The van der Waals surface area contributed by atoms with Gasteiger partial charge in [0.1, 0.15) is 24.0 Å². The highest BCUT2D eigenvalue weighted by Crippen LogP contribution is 2.37. The summed E-state index contributed by atoms with van der Waals surface area (Å²) in [5.41, 5.74) is 3.09. The normalized spacial score (nSPS) is 10.9. The summed E-state index contributed by atoms with van der Waals surface area (Å²) in [6.45, 7) is 6.49. The summed E-state index contributed by atoms with van der Waals surface area (Å²) in [6, 6.07) is 13.8. The third-order valence-corrected chi connectivity index (χ3v) is 5.56. The second-order valence-corrected chi connectivity index (χ2v) is 8.28. The summed E-state index contributed by atoms with van der Waals surface area (Å²) in [5, 5.41) is 9.34. The quantitative estimate of drug-likeness (QED) is 0.307. The molecule has 154 valence electrons. The molecule has 0 bridgehead atoms. The van der Waals surface area contributed by atoms with Crippen LogP contribution in [0, 0.1) is 25.2 Å². The average molecular weight is 532 g/mol. The van der Waals surface area contributed by atoms with Gasteiger partial charge in [0.25, 0.3) is 0 Å². The number of aryl methyl sites for hydroxylation is 1. The van der Waals surface area contributed by atoms with Crippen LogP contribution in [-0.4, -0.2) is 12.8 Å². The number of aliphatic imine (C=N–C) groups is 1. The molecular formula is C23H20Br2N2O3. The number of benzene rings is 2. The van der Waals surface area contributed by atoms with E-state index < -0.39 is 0 Å². The Morgan fingerprint density at radius 3 is 2.53 bits per heavy atom. The van der Waals surface area contributed by atoms with Crippen LogP contribution in [0.3, 0.4) is 0 Å². The monoisotopic (exact) mass is 530 g/mol. The fraction of sp³-hybridized carbons (Fsp3) is 0.217. The van der Waals surface area contributed by atoms with E-state index in [0.717, 1.165) is 25.6 Å². The Morgan fingerprint density at radius 1 is 1.13 bits per heavy atom. The molecule has 5 nitrogen and oxygen atoms in total. The third-order valence-electron chi connectivity index (χ3n) is 4.44. The van der Waals surface area contributed by atoms with Crippen LogP contribution < -0.4 is 9.47 Å². The Kier molecular flexibility index (Phi) is 7.35. The molecule has 0 radical (unpaired) electrons. The lowest BCUT2D eigenvalue weighted by atomic mass is 10.2. The molecule has 2 aromatic carbocycles. The van der Waals surface area contributed by atoms with Crippen LogP contribution in [0.1, 0.15) is 34.9 Å². The van der Waals surface area contributed by atoms with Gasteiger partial charge in [-0.2, -0.15) is 5.26 Å². The zero-order valence-electron chi connectivity index (χ0n) is 16.8. The van der Waals surface area contributed by atoms with Crippen molar-refractivity contribution in [1.29, 1.82) is 5.26 Å². The molecule has 0 fully saturated rings. The minimum atomic E-state index is 0.303. The molecule has 0 amide bonds. The first-order chi connectivity index (χ1) is 14.4. The number of nitrogens with zero attached hydrogens (tertiary/aromatic N) is 2. The molecule has 0 aliphatic rings. The van der Waals surface area contributed by atoms with Crippen molar-refractivity contribution in [2.24, 2.45) is 4.99 Å². The number of nitriles is 1. The molecule has 0 saturated carbocycles. The van der Waals surface area contributed by atoms with Gasteiger partial charge in [-0.1, -0.05) is 28.1 Å². The predicted molar refractivity (Wildman–Crippen MR) is 124 cm³/mol. The standard InChI is InChI=1S/C23H20Br2N2O3/c1-4-28-21-10-17(12-27-23-19(11-26)14(2)15(3)30-23)9-20(25)22(21)29-13-16-5-7-18(24)8-6-16/h5-10,12H,4,13H2,1-3H3. The topological polar surface area (TPSA) is 67.8 Å². The summed E-state index contributed by atoms with van der Waals surface area (Å²) < 4.78 is 19.2. The number of hydrogen-bond donors (Lipinski definition) is 0. The Morgan fingerprint density at radius 2 is 1.87 bits per heavy atom. The van der Waals surface area contributed by atoms with E-state index in [0.29, 0.717) is 41.9 Å². The van der Waals surface area contributed by atoms with Gasteiger partial charge in [0.2, 0.25) is 5.88 Å². The van der Waals surface area contributed by atoms with Crippen LogP contribution in [-0.2, 0) is 6.61 Å². The van der Waals surface area contributed by atoms with E-state index in [9.17, 15) is 5.26 Å². The SMILES string of the molecule is CCOc1cc(C=Nc2oc(C)c(C)c2C#N)cc(Br)c1OCc1ccc(Br)cc1. The molecule has 0 saturated heterocycles. The van der Waals surface area contributed by atoms with Gasteiger partial charge in [0, 0.05) is 16.3 Å². The molecule has 3 aromatic rings. The van der Waals surface area contributed by atoms with Crippen molar-refractivity contribution in [2.45, 2.75) is 27.4 Å². The lowest BCUT2D eigenvalue weighted by molar-refractivity contribution is 0.267. The molecule has 1 heterocycles. The highest BCUT2D eigenvalue weighted by Gasteiger charge is 2.15. The van der Waals surface area contributed by atoms with E-state index in [2.05, 4.69) is 42.9 Å². The van der Waals surface area contributed by atoms with Gasteiger partial charge in [0.05, 0.1) is 11.1 Å². The lowest BCUT2D eigenvalue weighted by Crippen LogP contribution is -2.01. The fourth-order valence-electron chi connectivity index (χ4n) is 2.77. The molecule has 3 rings (SSSR count). The molecule has 0 aliphatic carbocycles. The summed E-state index contributed by atoms with van der Waals surface area (Å²) in [5.74, 6) is 2.22. The lowest BCUT2D eigenvalue weighted by Gasteiger charge is -2.14. The van der Waals surface area contributed by atoms with E-state index >= 15 is 0 Å². The van der Waals surface area contributed by atoms with E-state index in [-0.39, 0.29) is 0 Å². The Bertz CT molecular complexity index is 1110. The summed E-state index contributed by atoms with van der Waals surface area (Å²) in [7, 11) is 0. The van der Waals surface area contributed by atoms with E-state index in [1.54, 1.807) is 6.21 Å². The number of hydrogen-bond acceptors (Lipinski definition) is 5. The average Bonchev–Trinajstić information content (AvgIpc) is 3.00. The van der Waals surface area contributed by atoms with Crippen molar-refractivity contribution in [3.8, 4) is 17.6 Å². The maximum absolute atomic E-state index is 9.34. The zero-order chi connectivity index (χ0) is 21.7. The summed E-state index contributed by atoms with van der Waals surface area (Å²) >= 11 is 7.01. The van der Waals surface area contributed by atoms with Crippen molar-refractivity contribution in [3.05, 3.63) is 73.4 Å². The van der Waals surface area contributed by atoms with E-state index in [1.165, 1.54) is 0 Å². The fourth-order valence-corrected chi connectivity index (χ4v) is 3.60. The first-order valence-electron chi connectivity index (χ1n) is 9.30. The smallest absolute Gasteiger partial charge is 0.237 e. The molecule has 0 atom stereocenters. The molecule has 0 N–H and O–H groups in total. The first kappa shape index (κ1) is 22.1.